The molecule has 58 valence electrons. The summed E-state index contributed by atoms with van der Waals surface area (Å²) in [5.41, 5.74) is 0.0556. The van der Waals surface area contributed by atoms with Gasteiger partial charge in [-0.15, -0.1) is 0 Å². The Hall–Kier alpha value is -0.220. The van der Waals surface area contributed by atoms with Crippen molar-refractivity contribution >= 4 is 38.1 Å². The first kappa shape index (κ1) is 8.87. The quantitative estimate of drug-likeness (QED) is 0.571. The van der Waals surface area contributed by atoms with E-state index in [2.05, 4.69) is 31.9 Å². The molecule has 0 amide bonds. The molecule has 0 aliphatic heterocycles. The second-order valence-corrected chi connectivity index (χ2v) is 3.61. The van der Waals surface area contributed by atoms with E-state index in [9.17, 15) is 9.18 Å². The van der Waals surface area contributed by atoms with E-state index in [0.29, 0.717) is 15.2 Å². The normalized spacial score (nSPS) is 9.73. The third-order valence-corrected chi connectivity index (χ3v) is 3.01. The molecule has 0 atom stereocenters. The van der Waals surface area contributed by atoms with Crippen LogP contribution in [0.3, 0.4) is 0 Å². The molecule has 0 heterocycles. The van der Waals surface area contributed by atoms with Crippen molar-refractivity contribution in [3.63, 3.8) is 0 Å². The van der Waals surface area contributed by atoms with Gasteiger partial charge in [0, 0.05) is 8.95 Å². The lowest BCUT2D eigenvalue weighted by Crippen LogP contribution is -1.87. The summed E-state index contributed by atoms with van der Waals surface area (Å²) >= 11 is 6.26. The minimum absolute atomic E-state index is 0.0556. The monoisotopic (exact) mass is 280 g/mol. The van der Waals surface area contributed by atoms with Gasteiger partial charge in [0.25, 0.3) is 0 Å². The Labute approximate surface area is 79.9 Å². The molecule has 0 spiro atoms. The first-order valence-electron chi connectivity index (χ1n) is 2.75. The summed E-state index contributed by atoms with van der Waals surface area (Å²) in [4.78, 5) is 10.2. The van der Waals surface area contributed by atoms with Gasteiger partial charge in [-0.3, -0.25) is 4.79 Å². The Morgan fingerprint density at radius 2 is 1.82 bits per heavy atom. The lowest BCUT2D eigenvalue weighted by atomic mass is 10.2. The Morgan fingerprint density at radius 1 is 1.27 bits per heavy atom. The molecular weight excluding hydrogens is 279 g/mol. The number of carbonyl (C=O) groups is 1. The first-order valence-corrected chi connectivity index (χ1v) is 4.33. The number of benzene rings is 1. The largest absolute Gasteiger partial charge is 0.298 e. The van der Waals surface area contributed by atoms with E-state index in [4.69, 9.17) is 0 Å². The van der Waals surface area contributed by atoms with Crippen molar-refractivity contribution in [1.82, 2.24) is 0 Å². The van der Waals surface area contributed by atoms with Crippen molar-refractivity contribution in [2.45, 2.75) is 0 Å². The topological polar surface area (TPSA) is 17.1 Å². The van der Waals surface area contributed by atoms with E-state index in [0.717, 1.165) is 0 Å². The van der Waals surface area contributed by atoms with Crippen LogP contribution in [-0.4, -0.2) is 6.29 Å². The van der Waals surface area contributed by atoms with Crippen molar-refractivity contribution in [2.24, 2.45) is 0 Å². The van der Waals surface area contributed by atoms with E-state index in [1.54, 1.807) is 0 Å². The van der Waals surface area contributed by atoms with Crippen molar-refractivity contribution in [2.75, 3.05) is 0 Å². The van der Waals surface area contributed by atoms with Crippen LogP contribution < -0.4 is 0 Å². The minimum atomic E-state index is -0.518. The predicted octanol–water partition coefficient (Wildman–Crippen LogP) is 3.16. The van der Waals surface area contributed by atoms with Crippen LogP contribution in [0.15, 0.2) is 21.1 Å². The van der Waals surface area contributed by atoms with Crippen LogP contribution in [-0.2, 0) is 0 Å². The maximum Gasteiger partial charge on any atom is 0.153 e. The molecule has 0 radical (unpaired) electrons. The van der Waals surface area contributed by atoms with Gasteiger partial charge in [-0.2, -0.15) is 0 Å². The Bertz CT molecular complexity index is 299. The predicted molar refractivity (Wildman–Crippen MR) is 47.2 cm³/mol. The van der Waals surface area contributed by atoms with Gasteiger partial charge in [0.2, 0.25) is 0 Å². The Kier molecular flexibility index (Phi) is 2.78. The molecule has 0 fully saturated rings. The third kappa shape index (κ3) is 1.87. The summed E-state index contributed by atoms with van der Waals surface area (Å²) in [5.74, 6) is -0.518. The highest BCUT2D eigenvalue weighted by Gasteiger charge is 2.04. The van der Waals surface area contributed by atoms with Crippen molar-refractivity contribution < 1.29 is 9.18 Å². The summed E-state index contributed by atoms with van der Waals surface area (Å²) in [6.45, 7) is 0. The van der Waals surface area contributed by atoms with E-state index in [-0.39, 0.29) is 5.56 Å². The van der Waals surface area contributed by atoms with Crippen LogP contribution >= 0.6 is 31.9 Å². The molecule has 0 aliphatic carbocycles. The van der Waals surface area contributed by atoms with Crippen LogP contribution in [0.5, 0.6) is 0 Å². The van der Waals surface area contributed by atoms with Gasteiger partial charge < -0.3 is 0 Å². The highest BCUT2D eigenvalue weighted by molar-refractivity contribution is 9.13. The zero-order chi connectivity index (χ0) is 8.43. The van der Waals surface area contributed by atoms with Gasteiger partial charge in [0.1, 0.15) is 5.82 Å². The second-order valence-electron chi connectivity index (χ2n) is 1.91. The lowest BCUT2D eigenvalue weighted by molar-refractivity contribution is 0.111. The molecule has 0 saturated carbocycles. The minimum Gasteiger partial charge on any atom is -0.298 e. The molecular formula is C7H3Br2FO. The summed E-state index contributed by atoms with van der Waals surface area (Å²) < 4.78 is 14.0. The molecule has 1 aromatic carbocycles. The average Bonchev–Trinajstić information content (AvgIpc) is 1.97. The first-order chi connectivity index (χ1) is 5.15. The standard InChI is InChI=1S/C7H3Br2FO/c8-5-1-4(3-11)7(10)2-6(5)9/h1-3H. The van der Waals surface area contributed by atoms with E-state index < -0.39 is 5.82 Å². The smallest absolute Gasteiger partial charge is 0.153 e. The third-order valence-electron chi connectivity index (χ3n) is 1.17. The van der Waals surface area contributed by atoms with Gasteiger partial charge in [-0.1, -0.05) is 0 Å². The lowest BCUT2D eigenvalue weighted by Gasteiger charge is -1.97. The fourth-order valence-electron chi connectivity index (χ4n) is 0.628. The van der Waals surface area contributed by atoms with E-state index >= 15 is 0 Å². The van der Waals surface area contributed by atoms with Crippen LogP contribution in [0, 0.1) is 5.82 Å². The zero-order valence-corrected chi connectivity index (χ0v) is 8.45. The second kappa shape index (κ2) is 3.45. The summed E-state index contributed by atoms with van der Waals surface area (Å²) in [6, 6.07) is 2.67. The zero-order valence-electron chi connectivity index (χ0n) is 5.27. The number of halogens is 3. The van der Waals surface area contributed by atoms with Gasteiger partial charge in [0.15, 0.2) is 6.29 Å². The molecule has 0 saturated heterocycles. The maximum atomic E-state index is 12.7. The summed E-state index contributed by atoms with van der Waals surface area (Å²) in [6.07, 6.45) is 0.479. The van der Waals surface area contributed by atoms with Crippen molar-refractivity contribution in [3.05, 3.63) is 32.5 Å². The summed E-state index contributed by atoms with van der Waals surface area (Å²) in [5, 5.41) is 0. The average molecular weight is 282 g/mol. The number of rotatable bonds is 1. The van der Waals surface area contributed by atoms with Crippen LogP contribution in [0.2, 0.25) is 0 Å². The summed E-state index contributed by atoms with van der Waals surface area (Å²) in [7, 11) is 0. The molecule has 4 heteroatoms. The highest BCUT2D eigenvalue weighted by atomic mass is 79.9. The fourth-order valence-corrected chi connectivity index (χ4v) is 1.30. The highest BCUT2D eigenvalue weighted by Crippen LogP contribution is 2.25. The van der Waals surface area contributed by atoms with Crippen LogP contribution in [0.1, 0.15) is 10.4 Å². The molecule has 11 heavy (non-hydrogen) atoms. The maximum absolute atomic E-state index is 12.7. The molecule has 0 aromatic heterocycles. The molecule has 1 nitrogen and oxygen atoms in total. The van der Waals surface area contributed by atoms with Gasteiger partial charge in [-0.25, -0.2) is 4.39 Å². The molecule has 0 aliphatic rings. The van der Waals surface area contributed by atoms with E-state index in [1.165, 1.54) is 12.1 Å². The Morgan fingerprint density at radius 3 is 2.36 bits per heavy atom. The fraction of sp³-hybridized carbons (Fsp3) is 0. The van der Waals surface area contributed by atoms with Crippen molar-refractivity contribution in [1.29, 1.82) is 0 Å². The number of hydrogen-bond donors (Lipinski definition) is 0. The number of carbonyl (C=O) groups excluding carboxylic acids is 1. The number of aldehydes is 1. The number of hydrogen-bond acceptors (Lipinski definition) is 1. The van der Waals surface area contributed by atoms with Gasteiger partial charge in [-0.05, 0) is 44.0 Å². The molecule has 0 N–H and O–H groups in total. The molecule has 0 bridgehead atoms. The van der Waals surface area contributed by atoms with Crippen molar-refractivity contribution in [3.8, 4) is 0 Å². The molecule has 1 aromatic rings. The van der Waals surface area contributed by atoms with Gasteiger partial charge in [0.05, 0.1) is 5.56 Å². The van der Waals surface area contributed by atoms with E-state index in [1.807, 2.05) is 0 Å². The Balaban J connectivity index is 3.31. The SMILES string of the molecule is O=Cc1cc(Br)c(Br)cc1F. The van der Waals surface area contributed by atoms with Crippen LogP contribution in [0.4, 0.5) is 4.39 Å². The molecule has 0 unspecified atom stereocenters. The molecule has 1 rings (SSSR count). The van der Waals surface area contributed by atoms with Gasteiger partial charge >= 0.3 is 0 Å². The van der Waals surface area contributed by atoms with Crippen LogP contribution in [0.25, 0.3) is 0 Å².